The zero-order valence-electron chi connectivity index (χ0n) is 9.15. The summed E-state index contributed by atoms with van der Waals surface area (Å²) in [6, 6.07) is 7.44. The Kier molecular flexibility index (Phi) is 3.57. The molecular formula is C12H9BrFN3O. The molecule has 0 aliphatic carbocycles. The fourth-order valence-electron chi connectivity index (χ4n) is 1.31. The van der Waals surface area contributed by atoms with Crippen molar-refractivity contribution in [2.24, 2.45) is 0 Å². The molecule has 0 atom stereocenters. The third kappa shape index (κ3) is 2.84. The number of hydrogen-bond donors (Lipinski definition) is 2. The molecule has 0 spiro atoms. The van der Waals surface area contributed by atoms with E-state index in [4.69, 9.17) is 5.73 Å². The van der Waals surface area contributed by atoms with Crippen LogP contribution < -0.4 is 11.1 Å². The number of anilines is 2. The van der Waals surface area contributed by atoms with Crippen LogP contribution >= 0.6 is 15.9 Å². The topological polar surface area (TPSA) is 68.0 Å². The number of carbonyl (C=O) groups excluding carboxylic acids is 1. The van der Waals surface area contributed by atoms with Crippen LogP contribution in [-0.4, -0.2) is 10.9 Å². The first kappa shape index (κ1) is 12.5. The molecule has 18 heavy (non-hydrogen) atoms. The van der Waals surface area contributed by atoms with E-state index in [1.54, 1.807) is 18.2 Å². The number of nitrogens with two attached hydrogens (primary N) is 1. The molecule has 0 saturated carbocycles. The Morgan fingerprint density at radius 2 is 2.11 bits per heavy atom. The third-order valence-corrected chi connectivity index (χ3v) is 2.92. The lowest BCUT2D eigenvalue weighted by Gasteiger charge is -2.05. The SMILES string of the molecule is Nc1ccc(C(=O)Nc2ccc(F)cn2)cc1Br. The molecule has 6 heteroatoms. The molecule has 0 aliphatic rings. The molecule has 1 aromatic carbocycles. The predicted molar refractivity (Wildman–Crippen MR) is 70.7 cm³/mol. The molecule has 0 fully saturated rings. The fraction of sp³-hybridized carbons (Fsp3) is 0. The van der Waals surface area contributed by atoms with Gasteiger partial charge in [0, 0.05) is 15.7 Å². The Balaban J connectivity index is 2.16. The Bertz CT molecular complexity index is 586. The molecule has 4 nitrogen and oxygen atoms in total. The maximum atomic E-state index is 12.6. The highest BCUT2D eigenvalue weighted by Gasteiger charge is 2.08. The molecule has 92 valence electrons. The van der Waals surface area contributed by atoms with Gasteiger partial charge in [-0.3, -0.25) is 4.79 Å². The predicted octanol–water partition coefficient (Wildman–Crippen LogP) is 2.82. The van der Waals surface area contributed by atoms with Gasteiger partial charge in [0.1, 0.15) is 11.6 Å². The van der Waals surface area contributed by atoms with Crippen LogP contribution in [0.25, 0.3) is 0 Å². The van der Waals surface area contributed by atoms with Gasteiger partial charge in [0.15, 0.2) is 0 Å². The molecule has 1 aromatic heterocycles. The summed E-state index contributed by atoms with van der Waals surface area (Å²) in [6.45, 7) is 0. The molecule has 3 N–H and O–H groups in total. The van der Waals surface area contributed by atoms with Crippen LogP contribution in [0.2, 0.25) is 0 Å². The zero-order chi connectivity index (χ0) is 13.1. The molecule has 0 saturated heterocycles. The van der Waals surface area contributed by atoms with Gasteiger partial charge in [-0.2, -0.15) is 0 Å². The summed E-state index contributed by atoms with van der Waals surface area (Å²) in [7, 11) is 0. The second-order valence-corrected chi connectivity index (χ2v) is 4.41. The minimum Gasteiger partial charge on any atom is -0.398 e. The number of pyridine rings is 1. The molecule has 0 unspecified atom stereocenters. The van der Waals surface area contributed by atoms with Gasteiger partial charge in [0.05, 0.1) is 6.20 Å². The van der Waals surface area contributed by atoms with Crippen molar-refractivity contribution in [2.45, 2.75) is 0 Å². The van der Waals surface area contributed by atoms with Gasteiger partial charge >= 0.3 is 0 Å². The van der Waals surface area contributed by atoms with Gasteiger partial charge < -0.3 is 11.1 Å². The number of nitrogens with one attached hydrogen (secondary N) is 1. The molecule has 2 rings (SSSR count). The Labute approximate surface area is 111 Å². The minimum atomic E-state index is -0.455. The second-order valence-electron chi connectivity index (χ2n) is 3.55. The van der Waals surface area contributed by atoms with Gasteiger partial charge in [-0.05, 0) is 46.3 Å². The molecule has 1 heterocycles. The second kappa shape index (κ2) is 5.14. The summed E-state index contributed by atoms with van der Waals surface area (Å²) in [5.74, 6) is -0.507. The van der Waals surface area contributed by atoms with Crippen LogP contribution in [0.1, 0.15) is 10.4 Å². The monoisotopic (exact) mass is 309 g/mol. The number of nitrogen functional groups attached to an aromatic ring is 1. The van der Waals surface area contributed by atoms with E-state index in [9.17, 15) is 9.18 Å². The maximum Gasteiger partial charge on any atom is 0.256 e. The van der Waals surface area contributed by atoms with E-state index >= 15 is 0 Å². The summed E-state index contributed by atoms with van der Waals surface area (Å²) in [6.07, 6.45) is 1.04. The van der Waals surface area contributed by atoms with Gasteiger partial charge in [-0.25, -0.2) is 9.37 Å². The van der Waals surface area contributed by atoms with E-state index in [2.05, 4.69) is 26.2 Å². The standard InChI is InChI=1S/C12H9BrFN3O/c13-9-5-7(1-3-10(9)15)12(18)17-11-4-2-8(14)6-16-11/h1-6H,15H2,(H,16,17,18). The van der Waals surface area contributed by atoms with Gasteiger partial charge in [-0.15, -0.1) is 0 Å². The summed E-state index contributed by atoms with van der Waals surface area (Å²) in [5.41, 5.74) is 6.61. The normalized spacial score (nSPS) is 10.1. The van der Waals surface area contributed by atoms with E-state index < -0.39 is 5.82 Å². The van der Waals surface area contributed by atoms with E-state index in [0.29, 0.717) is 15.7 Å². The van der Waals surface area contributed by atoms with Crippen LogP contribution in [0.5, 0.6) is 0 Å². The van der Waals surface area contributed by atoms with Crippen molar-refractivity contribution in [3.8, 4) is 0 Å². The number of carbonyl (C=O) groups is 1. The van der Waals surface area contributed by atoms with E-state index in [-0.39, 0.29) is 11.7 Å². The van der Waals surface area contributed by atoms with Crippen molar-refractivity contribution in [3.63, 3.8) is 0 Å². The van der Waals surface area contributed by atoms with Crippen molar-refractivity contribution < 1.29 is 9.18 Å². The first-order chi connectivity index (χ1) is 8.56. The summed E-state index contributed by atoms with van der Waals surface area (Å²) in [4.78, 5) is 15.6. The van der Waals surface area contributed by atoms with Crippen LogP contribution in [0.15, 0.2) is 41.0 Å². The summed E-state index contributed by atoms with van der Waals surface area (Å²) in [5, 5.41) is 2.55. The molecule has 0 radical (unpaired) electrons. The minimum absolute atomic E-state index is 0.286. The third-order valence-electron chi connectivity index (χ3n) is 2.23. The smallest absolute Gasteiger partial charge is 0.256 e. The van der Waals surface area contributed by atoms with Crippen molar-refractivity contribution in [2.75, 3.05) is 11.1 Å². The Morgan fingerprint density at radius 1 is 1.33 bits per heavy atom. The first-order valence-electron chi connectivity index (χ1n) is 5.04. The van der Waals surface area contributed by atoms with E-state index in [0.717, 1.165) is 6.20 Å². The van der Waals surface area contributed by atoms with Gasteiger partial charge in [0.2, 0.25) is 0 Å². The number of aromatic nitrogens is 1. The molecule has 2 aromatic rings. The highest BCUT2D eigenvalue weighted by Crippen LogP contribution is 2.20. The number of benzene rings is 1. The molecule has 1 amide bonds. The van der Waals surface area contributed by atoms with Crippen LogP contribution in [0.4, 0.5) is 15.9 Å². The molecule has 0 aliphatic heterocycles. The lowest BCUT2D eigenvalue weighted by molar-refractivity contribution is 0.102. The van der Waals surface area contributed by atoms with Gasteiger partial charge in [-0.1, -0.05) is 0 Å². The molecule has 0 bridgehead atoms. The fourth-order valence-corrected chi connectivity index (χ4v) is 1.69. The quantitative estimate of drug-likeness (QED) is 0.838. The number of rotatable bonds is 2. The van der Waals surface area contributed by atoms with E-state index in [1.807, 2.05) is 0 Å². The average molecular weight is 310 g/mol. The summed E-state index contributed by atoms with van der Waals surface area (Å²) >= 11 is 3.24. The first-order valence-corrected chi connectivity index (χ1v) is 5.83. The highest BCUT2D eigenvalue weighted by molar-refractivity contribution is 9.10. The molecular weight excluding hydrogens is 301 g/mol. The zero-order valence-corrected chi connectivity index (χ0v) is 10.7. The highest BCUT2D eigenvalue weighted by atomic mass is 79.9. The van der Waals surface area contributed by atoms with Crippen LogP contribution in [-0.2, 0) is 0 Å². The summed E-state index contributed by atoms with van der Waals surface area (Å²) < 4.78 is 13.3. The van der Waals surface area contributed by atoms with Crippen molar-refractivity contribution in [1.29, 1.82) is 0 Å². The van der Waals surface area contributed by atoms with Crippen LogP contribution in [0, 0.1) is 5.82 Å². The largest absolute Gasteiger partial charge is 0.398 e. The lowest BCUT2D eigenvalue weighted by Crippen LogP contribution is -2.13. The van der Waals surface area contributed by atoms with E-state index in [1.165, 1.54) is 12.1 Å². The maximum absolute atomic E-state index is 12.6. The number of nitrogens with zero attached hydrogens (tertiary/aromatic N) is 1. The Morgan fingerprint density at radius 3 is 2.72 bits per heavy atom. The number of amides is 1. The van der Waals surface area contributed by atoms with Crippen LogP contribution in [0.3, 0.4) is 0 Å². The number of hydrogen-bond acceptors (Lipinski definition) is 3. The van der Waals surface area contributed by atoms with Crippen molar-refractivity contribution in [3.05, 3.63) is 52.4 Å². The van der Waals surface area contributed by atoms with Gasteiger partial charge in [0.25, 0.3) is 5.91 Å². The van der Waals surface area contributed by atoms with Crippen molar-refractivity contribution in [1.82, 2.24) is 4.98 Å². The average Bonchev–Trinajstić information content (AvgIpc) is 2.35. The number of halogens is 2. The Hall–Kier alpha value is -1.95. The van der Waals surface area contributed by atoms with Crippen molar-refractivity contribution >= 4 is 33.3 Å². The lowest BCUT2D eigenvalue weighted by atomic mass is 10.2.